The first-order valence-corrected chi connectivity index (χ1v) is 10.1. The molecule has 140 valence electrons. The molecule has 1 aromatic carbocycles. The molecule has 1 amide bonds. The Bertz CT molecular complexity index is 859. The molecule has 2 aromatic rings. The van der Waals surface area contributed by atoms with Crippen molar-refractivity contribution in [3.05, 3.63) is 52.2 Å². The standard InChI is InChI=1S/C17H20N2O5S2/c1-12(15-5-4-10-25-15)18-16(20)11-24-17(21)13-6-8-14(9-7-13)26(22,23)19(2)3/h4-10,12H,11H2,1-3H3,(H,18,20)/t12-/m1/s1. The molecule has 0 unspecified atom stereocenters. The molecule has 0 bridgehead atoms. The largest absolute Gasteiger partial charge is 0.452 e. The summed E-state index contributed by atoms with van der Waals surface area (Å²) in [4.78, 5) is 24.9. The van der Waals surface area contributed by atoms with Gasteiger partial charge >= 0.3 is 5.97 Å². The number of benzene rings is 1. The van der Waals surface area contributed by atoms with Gasteiger partial charge in [0.05, 0.1) is 16.5 Å². The lowest BCUT2D eigenvalue weighted by Crippen LogP contribution is -2.30. The summed E-state index contributed by atoms with van der Waals surface area (Å²) in [6, 6.07) is 8.98. The zero-order valence-electron chi connectivity index (χ0n) is 14.6. The van der Waals surface area contributed by atoms with Gasteiger partial charge in [-0.05, 0) is 42.6 Å². The van der Waals surface area contributed by atoms with E-state index >= 15 is 0 Å². The molecule has 0 aliphatic heterocycles. The van der Waals surface area contributed by atoms with Crippen LogP contribution in [-0.4, -0.2) is 45.3 Å². The van der Waals surface area contributed by atoms with Crippen molar-refractivity contribution in [2.24, 2.45) is 0 Å². The van der Waals surface area contributed by atoms with Crippen LogP contribution in [0.3, 0.4) is 0 Å². The van der Waals surface area contributed by atoms with Gasteiger partial charge in [0, 0.05) is 19.0 Å². The van der Waals surface area contributed by atoms with Crippen molar-refractivity contribution in [1.29, 1.82) is 0 Å². The summed E-state index contributed by atoms with van der Waals surface area (Å²) in [5, 5.41) is 4.65. The number of carbonyl (C=O) groups excluding carboxylic acids is 2. The van der Waals surface area contributed by atoms with Crippen LogP contribution in [0.25, 0.3) is 0 Å². The predicted molar refractivity (Wildman–Crippen MR) is 98.5 cm³/mol. The smallest absolute Gasteiger partial charge is 0.338 e. The Morgan fingerprint density at radius 1 is 1.19 bits per heavy atom. The summed E-state index contributed by atoms with van der Waals surface area (Å²) < 4.78 is 30.0. The number of ether oxygens (including phenoxy) is 1. The molecule has 9 heteroatoms. The fourth-order valence-electron chi connectivity index (χ4n) is 2.08. The summed E-state index contributed by atoms with van der Waals surface area (Å²) in [5.74, 6) is -1.11. The van der Waals surface area contributed by atoms with E-state index in [0.29, 0.717) is 0 Å². The zero-order chi connectivity index (χ0) is 19.3. The average molecular weight is 396 g/mol. The van der Waals surface area contributed by atoms with Crippen LogP contribution in [0.1, 0.15) is 28.2 Å². The third-order valence-electron chi connectivity index (χ3n) is 3.55. The van der Waals surface area contributed by atoms with Crippen molar-refractivity contribution >= 4 is 33.2 Å². The Hall–Kier alpha value is -2.23. The van der Waals surface area contributed by atoms with Crippen molar-refractivity contribution in [2.45, 2.75) is 17.9 Å². The van der Waals surface area contributed by atoms with E-state index in [1.165, 1.54) is 49.7 Å². The Kier molecular flexibility index (Phi) is 6.52. The van der Waals surface area contributed by atoms with Gasteiger partial charge < -0.3 is 10.1 Å². The minimum absolute atomic E-state index is 0.0709. The van der Waals surface area contributed by atoms with Gasteiger partial charge in [0.25, 0.3) is 5.91 Å². The molecule has 1 heterocycles. The van der Waals surface area contributed by atoms with E-state index in [0.717, 1.165) is 9.18 Å². The van der Waals surface area contributed by atoms with Gasteiger partial charge in [-0.3, -0.25) is 4.79 Å². The van der Waals surface area contributed by atoms with Crippen molar-refractivity contribution < 1.29 is 22.7 Å². The number of nitrogens with zero attached hydrogens (tertiary/aromatic N) is 1. The Morgan fingerprint density at radius 3 is 2.38 bits per heavy atom. The van der Waals surface area contributed by atoms with Crippen molar-refractivity contribution in [3.63, 3.8) is 0 Å². The lowest BCUT2D eigenvalue weighted by molar-refractivity contribution is -0.124. The molecule has 0 aliphatic carbocycles. The van der Waals surface area contributed by atoms with Gasteiger partial charge in [0.1, 0.15) is 0 Å². The monoisotopic (exact) mass is 396 g/mol. The predicted octanol–water partition coefficient (Wildman–Crippen LogP) is 2.03. The van der Waals surface area contributed by atoms with Crippen molar-refractivity contribution in [1.82, 2.24) is 9.62 Å². The Balaban J connectivity index is 1.90. The van der Waals surface area contributed by atoms with Crippen molar-refractivity contribution in [3.8, 4) is 0 Å². The first-order chi connectivity index (χ1) is 12.2. The highest BCUT2D eigenvalue weighted by molar-refractivity contribution is 7.89. The second-order valence-corrected chi connectivity index (χ2v) is 8.82. The van der Waals surface area contributed by atoms with Crippen LogP contribution in [0.4, 0.5) is 0 Å². The highest BCUT2D eigenvalue weighted by Gasteiger charge is 2.18. The summed E-state index contributed by atoms with van der Waals surface area (Å²) in [7, 11) is -0.714. The lowest BCUT2D eigenvalue weighted by Gasteiger charge is -2.13. The summed E-state index contributed by atoms with van der Waals surface area (Å²) in [5.41, 5.74) is 0.168. The number of carbonyl (C=O) groups is 2. The molecule has 26 heavy (non-hydrogen) atoms. The number of nitrogens with one attached hydrogen (secondary N) is 1. The number of esters is 1. The first-order valence-electron chi connectivity index (χ1n) is 7.74. The van der Waals surface area contributed by atoms with Gasteiger partial charge in [-0.15, -0.1) is 11.3 Å². The molecule has 0 saturated heterocycles. The molecule has 0 spiro atoms. The van der Waals surface area contributed by atoms with Crippen LogP contribution in [0.15, 0.2) is 46.7 Å². The molecule has 1 aromatic heterocycles. The first kappa shape index (κ1) is 20.1. The maximum absolute atomic E-state index is 12.0. The molecular formula is C17H20N2O5S2. The highest BCUT2D eigenvalue weighted by atomic mass is 32.2. The van der Waals surface area contributed by atoms with E-state index in [1.54, 1.807) is 0 Å². The number of amides is 1. The summed E-state index contributed by atoms with van der Waals surface area (Å²) >= 11 is 1.52. The average Bonchev–Trinajstić information content (AvgIpc) is 3.14. The van der Waals surface area contributed by atoms with Crippen LogP contribution < -0.4 is 5.32 Å². The molecule has 0 radical (unpaired) electrons. The van der Waals surface area contributed by atoms with Gasteiger partial charge in [-0.1, -0.05) is 6.07 Å². The number of hydrogen-bond donors (Lipinski definition) is 1. The number of hydrogen-bond acceptors (Lipinski definition) is 6. The Labute approximate surface area is 156 Å². The third-order valence-corrected chi connectivity index (χ3v) is 6.43. The Morgan fingerprint density at radius 2 is 1.85 bits per heavy atom. The molecule has 7 nitrogen and oxygen atoms in total. The minimum Gasteiger partial charge on any atom is -0.452 e. The fourth-order valence-corrected chi connectivity index (χ4v) is 3.72. The molecule has 0 aliphatic rings. The summed E-state index contributed by atoms with van der Waals surface area (Å²) in [6.45, 7) is 1.43. The van der Waals surface area contributed by atoms with Gasteiger partial charge in [0.2, 0.25) is 10.0 Å². The molecule has 2 rings (SSSR count). The van der Waals surface area contributed by atoms with E-state index in [9.17, 15) is 18.0 Å². The van der Waals surface area contributed by atoms with E-state index < -0.39 is 28.5 Å². The topological polar surface area (TPSA) is 92.8 Å². The van der Waals surface area contributed by atoms with Crippen molar-refractivity contribution in [2.75, 3.05) is 20.7 Å². The molecule has 0 fully saturated rings. The van der Waals surface area contributed by atoms with E-state index in [-0.39, 0.29) is 16.5 Å². The van der Waals surface area contributed by atoms with Crippen LogP contribution in [0, 0.1) is 0 Å². The van der Waals surface area contributed by atoms with E-state index in [2.05, 4.69) is 5.32 Å². The van der Waals surface area contributed by atoms with Crippen LogP contribution in [0.2, 0.25) is 0 Å². The third kappa shape index (κ3) is 4.90. The number of rotatable bonds is 7. The highest BCUT2D eigenvalue weighted by Crippen LogP contribution is 2.18. The second kappa shape index (κ2) is 8.43. The SMILES string of the molecule is C[C@@H](NC(=O)COC(=O)c1ccc(S(=O)(=O)N(C)C)cc1)c1cccs1. The zero-order valence-corrected chi connectivity index (χ0v) is 16.3. The molecule has 0 saturated carbocycles. The fraction of sp³-hybridized carbons (Fsp3) is 0.294. The van der Waals surface area contributed by atoms with Crippen LogP contribution in [-0.2, 0) is 19.6 Å². The number of sulfonamides is 1. The van der Waals surface area contributed by atoms with Gasteiger partial charge in [0.15, 0.2) is 6.61 Å². The lowest BCUT2D eigenvalue weighted by atomic mass is 10.2. The molecular weight excluding hydrogens is 376 g/mol. The quantitative estimate of drug-likeness (QED) is 0.723. The van der Waals surface area contributed by atoms with Crippen LogP contribution >= 0.6 is 11.3 Å². The molecule has 1 N–H and O–H groups in total. The maximum atomic E-state index is 12.0. The van der Waals surface area contributed by atoms with Gasteiger partial charge in [-0.25, -0.2) is 17.5 Å². The molecule has 1 atom stereocenters. The maximum Gasteiger partial charge on any atom is 0.338 e. The summed E-state index contributed by atoms with van der Waals surface area (Å²) in [6.07, 6.45) is 0. The van der Waals surface area contributed by atoms with E-state index in [4.69, 9.17) is 4.74 Å². The van der Waals surface area contributed by atoms with Crippen LogP contribution in [0.5, 0.6) is 0 Å². The second-order valence-electron chi connectivity index (χ2n) is 5.69. The number of thiophene rings is 1. The minimum atomic E-state index is -3.56. The normalized spacial score (nSPS) is 12.6. The van der Waals surface area contributed by atoms with Gasteiger partial charge in [-0.2, -0.15) is 0 Å². The van der Waals surface area contributed by atoms with E-state index in [1.807, 2.05) is 24.4 Å².